The lowest BCUT2D eigenvalue weighted by molar-refractivity contribution is -0.124. The van der Waals surface area contributed by atoms with E-state index in [1.54, 1.807) is 0 Å². The first kappa shape index (κ1) is 14.1. The van der Waals surface area contributed by atoms with Crippen LogP contribution in [-0.4, -0.2) is 34.7 Å². The first-order valence-electron chi connectivity index (χ1n) is 7.46. The number of nitrogens with one attached hydrogen (secondary N) is 3. The molecule has 3 rings (SSSR count). The monoisotopic (exact) mass is 287 g/mol. The molecule has 0 aliphatic carbocycles. The molecule has 21 heavy (non-hydrogen) atoms. The minimum atomic E-state index is -0.239. The number of carbonyl (C=O) groups excluding carboxylic acids is 1. The van der Waals surface area contributed by atoms with Crippen molar-refractivity contribution in [1.29, 1.82) is 0 Å². The van der Waals surface area contributed by atoms with Crippen LogP contribution in [0.3, 0.4) is 0 Å². The van der Waals surface area contributed by atoms with Crippen LogP contribution in [0, 0.1) is 0 Å². The molecule has 1 aromatic carbocycles. The SMILES string of the molecule is CC[C@@H](CO)NC(=O)[C@@H]1Cc2c([nH]c3ccccc23)CN1. The number of aromatic amines is 1. The van der Waals surface area contributed by atoms with Gasteiger partial charge in [0.15, 0.2) is 0 Å². The van der Waals surface area contributed by atoms with Gasteiger partial charge < -0.3 is 15.4 Å². The molecular weight excluding hydrogens is 266 g/mol. The Balaban J connectivity index is 1.79. The number of amides is 1. The maximum Gasteiger partial charge on any atom is 0.237 e. The molecule has 1 aliphatic rings. The maximum absolute atomic E-state index is 12.3. The van der Waals surface area contributed by atoms with Gasteiger partial charge in [0, 0.05) is 23.1 Å². The molecule has 0 radical (unpaired) electrons. The fourth-order valence-corrected chi connectivity index (χ4v) is 2.91. The summed E-state index contributed by atoms with van der Waals surface area (Å²) in [7, 11) is 0. The number of hydrogen-bond acceptors (Lipinski definition) is 3. The van der Waals surface area contributed by atoms with Crippen molar-refractivity contribution in [3.05, 3.63) is 35.5 Å². The largest absolute Gasteiger partial charge is 0.394 e. The normalized spacial score (nSPS) is 19.2. The molecule has 0 fully saturated rings. The van der Waals surface area contributed by atoms with Crippen molar-refractivity contribution >= 4 is 16.8 Å². The summed E-state index contributed by atoms with van der Waals surface area (Å²) < 4.78 is 0. The van der Waals surface area contributed by atoms with Crippen molar-refractivity contribution in [2.45, 2.75) is 38.4 Å². The van der Waals surface area contributed by atoms with Crippen LogP contribution in [0.2, 0.25) is 0 Å². The highest BCUT2D eigenvalue weighted by atomic mass is 16.3. The Hall–Kier alpha value is -1.85. The van der Waals surface area contributed by atoms with Crippen molar-refractivity contribution < 1.29 is 9.90 Å². The van der Waals surface area contributed by atoms with E-state index in [-0.39, 0.29) is 24.6 Å². The van der Waals surface area contributed by atoms with E-state index in [0.29, 0.717) is 13.0 Å². The highest BCUT2D eigenvalue weighted by Gasteiger charge is 2.27. The lowest BCUT2D eigenvalue weighted by atomic mass is 9.98. The lowest BCUT2D eigenvalue weighted by Gasteiger charge is -2.25. The predicted octanol–water partition coefficient (Wildman–Crippen LogP) is 1.07. The van der Waals surface area contributed by atoms with Crippen molar-refractivity contribution in [2.75, 3.05) is 6.61 Å². The number of benzene rings is 1. The molecule has 2 aromatic rings. The Morgan fingerprint density at radius 3 is 3.05 bits per heavy atom. The number of rotatable bonds is 4. The number of para-hydroxylation sites is 1. The van der Waals surface area contributed by atoms with Crippen molar-refractivity contribution in [2.24, 2.45) is 0 Å². The molecule has 1 amide bonds. The Bertz CT molecular complexity index is 646. The molecule has 0 saturated carbocycles. The van der Waals surface area contributed by atoms with Gasteiger partial charge in [-0.05, 0) is 24.5 Å². The summed E-state index contributed by atoms with van der Waals surface area (Å²) in [4.78, 5) is 15.7. The molecule has 2 heterocycles. The van der Waals surface area contributed by atoms with E-state index >= 15 is 0 Å². The van der Waals surface area contributed by atoms with E-state index in [1.807, 2.05) is 19.1 Å². The molecule has 1 aromatic heterocycles. The fourth-order valence-electron chi connectivity index (χ4n) is 2.91. The summed E-state index contributed by atoms with van der Waals surface area (Å²) >= 11 is 0. The number of carbonyl (C=O) groups is 1. The van der Waals surface area contributed by atoms with Gasteiger partial charge in [0.25, 0.3) is 0 Å². The van der Waals surface area contributed by atoms with Gasteiger partial charge in [0.05, 0.1) is 18.7 Å². The number of hydrogen-bond donors (Lipinski definition) is 4. The topological polar surface area (TPSA) is 77.2 Å². The highest BCUT2D eigenvalue weighted by Crippen LogP contribution is 2.26. The van der Waals surface area contributed by atoms with E-state index in [9.17, 15) is 9.90 Å². The first-order valence-corrected chi connectivity index (χ1v) is 7.46. The summed E-state index contributed by atoms with van der Waals surface area (Å²) in [6.07, 6.45) is 1.40. The average molecular weight is 287 g/mol. The third-order valence-corrected chi connectivity index (χ3v) is 4.21. The molecule has 112 valence electrons. The second-order valence-corrected chi connectivity index (χ2v) is 5.56. The molecule has 5 nitrogen and oxygen atoms in total. The number of aliphatic hydroxyl groups excluding tert-OH is 1. The van der Waals surface area contributed by atoms with E-state index in [4.69, 9.17) is 0 Å². The predicted molar refractivity (Wildman–Crippen MR) is 81.9 cm³/mol. The van der Waals surface area contributed by atoms with Crippen LogP contribution >= 0.6 is 0 Å². The number of H-pyrrole nitrogens is 1. The summed E-state index contributed by atoms with van der Waals surface area (Å²) in [5.74, 6) is -0.0353. The second kappa shape index (κ2) is 5.87. The van der Waals surface area contributed by atoms with Crippen molar-refractivity contribution in [3.8, 4) is 0 Å². The third kappa shape index (κ3) is 2.66. The van der Waals surface area contributed by atoms with Gasteiger partial charge >= 0.3 is 0 Å². The molecule has 4 N–H and O–H groups in total. The number of aliphatic hydroxyl groups is 1. The minimum absolute atomic E-state index is 0.0205. The molecule has 1 aliphatic heterocycles. The molecule has 0 bridgehead atoms. The zero-order valence-corrected chi connectivity index (χ0v) is 12.1. The van der Waals surface area contributed by atoms with Gasteiger partial charge in [-0.1, -0.05) is 25.1 Å². The van der Waals surface area contributed by atoms with Gasteiger partial charge in [-0.25, -0.2) is 0 Å². The van der Waals surface area contributed by atoms with Crippen molar-refractivity contribution in [1.82, 2.24) is 15.6 Å². The van der Waals surface area contributed by atoms with Gasteiger partial charge in [0.1, 0.15) is 0 Å². The summed E-state index contributed by atoms with van der Waals surface area (Å²) in [6.45, 7) is 2.60. The molecule has 2 atom stereocenters. The Morgan fingerprint density at radius 1 is 1.48 bits per heavy atom. The minimum Gasteiger partial charge on any atom is -0.394 e. The standard InChI is InChI=1S/C16H21N3O2/c1-2-10(9-20)18-16(21)14-7-12-11-5-3-4-6-13(11)19-15(12)8-17-14/h3-6,10,14,17,19-20H,2,7-9H2,1H3,(H,18,21)/t10-,14-/m0/s1. The molecule has 5 heteroatoms. The maximum atomic E-state index is 12.3. The summed E-state index contributed by atoms with van der Waals surface area (Å²) in [5.41, 5.74) is 3.50. The van der Waals surface area contributed by atoms with Crippen LogP contribution in [-0.2, 0) is 17.8 Å². The average Bonchev–Trinajstić information content (AvgIpc) is 2.90. The lowest BCUT2D eigenvalue weighted by Crippen LogP contribution is -2.51. The van der Waals surface area contributed by atoms with E-state index in [1.165, 1.54) is 10.9 Å². The Kier molecular flexibility index (Phi) is 3.94. The number of aromatic nitrogens is 1. The summed E-state index contributed by atoms with van der Waals surface area (Å²) in [6, 6.07) is 7.78. The summed E-state index contributed by atoms with van der Waals surface area (Å²) in [5, 5.41) is 16.6. The van der Waals surface area contributed by atoms with Crippen LogP contribution in [0.25, 0.3) is 10.9 Å². The van der Waals surface area contributed by atoms with Gasteiger partial charge in [-0.2, -0.15) is 0 Å². The molecule has 0 unspecified atom stereocenters. The second-order valence-electron chi connectivity index (χ2n) is 5.56. The van der Waals surface area contributed by atoms with Gasteiger partial charge in [-0.15, -0.1) is 0 Å². The zero-order valence-electron chi connectivity index (χ0n) is 12.1. The van der Waals surface area contributed by atoms with Gasteiger partial charge in [0.2, 0.25) is 5.91 Å². The van der Waals surface area contributed by atoms with Crippen LogP contribution in [0.1, 0.15) is 24.6 Å². The molecule has 0 spiro atoms. The highest BCUT2D eigenvalue weighted by molar-refractivity contribution is 5.88. The smallest absolute Gasteiger partial charge is 0.237 e. The fraction of sp³-hybridized carbons (Fsp3) is 0.438. The van der Waals surface area contributed by atoms with E-state index in [0.717, 1.165) is 17.6 Å². The van der Waals surface area contributed by atoms with Crippen molar-refractivity contribution in [3.63, 3.8) is 0 Å². The molecule has 0 saturated heterocycles. The van der Waals surface area contributed by atoms with E-state index in [2.05, 4.69) is 27.8 Å². The third-order valence-electron chi connectivity index (χ3n) is 4.21. The Morgan fingerprint density at radius 2 is 2.29 bits per heavy atom. The Labute approximate surface area is 123 Å². The number of fused-ring (bicyclic) bond motifs is 3. The van der Waals surface area contributed by atoms with Gasteiger partial charge in [-0.3, -0.25) is 10.1 Å². The van der Waals surface area contributed by atoms with E-state index < -0.39 is 0 Å². The van der Waals surface area contributed by atoms with Crippen LogP contribution in [0.15, 0.2) is 24.3 Å². The van der Waals surface area contributed by atoms with Crippen LogP contribution in [0.5, 0.6) is 0 Å². The van der Waals surface area contributed by atoms with Crippen LogP contribution in [0.4, 0.5) is 0 Å². The molecular formula is C16H21N3O2. The zero-order chi connectivity index (χ0) is 14.8. The van der Waals surface area contributed by atoms with Crippen LogP contribution < -0.4 is 10.6 Å². The quantitative estimate of drug-likeness (QED) is 0.679. The first-order chi connectivity index (χ1) is 10.2.